The minimum absolute atomic E-state index is 0.0797. The van der Waals surface area contributed by atoms with Crippen molar-refractivity contribution in [3.8, 4) is 0 Å². The van der Waals surface area contributed by atoms with Gasteiger partial charge in [-0.05, 0) is 23.6 Å². The molecular formula is C14H14ClNO. The van der Waals surface area contributed by atoms with E-state index in [-0.39, 0.29) is 12.5 Å². The third-order valence-electron chi connectivity index (χ3n) is 2.81. The summed E-state index contributed by atoms with van der Waals surface area (Å²) >= 11 is 6.07. The Morgan fingerprint density at radius 1 is 1.18 bits per heavy atom. The number of halogens is 1. The molecule has 0 aliphatic carbocycles. The van der Waals surface area contributed by atoms with Gasteiger partial charge in [-0.25, -0.2) is 0 Å². The molecule has 0 saturated heterocycles. The van der Waals surface area contributed by atoms with Crippen LogP contribution < -0.4 is 0 Å². The van der Waals surface area contributed by atoms with Crippen LogP contribution in [0.1, 0.15) is 17.0 Å². The largest absolute Gasteiger partial charge is 0.396 e. The van der Waals surface area contributed by atoms with Crippen molar-refractivity contribution < 1.29 is 5.11 Å². The average molecular weight is 248 g/mol. The van der Waals surface area contributed by atoms with Gasteiger partial charge in [-0.3, -0.25) is 4.98 Å². The number of rotatable bonds is 4. The second-order valence-electron chi connectivity index (χ2n) is 3.96. The van der Waals surface area contributed by atoms with Crippen LogP contribution in [0.25, 0.3) is 0 Å². The summed E-state index contributed by atoms with van der Waals surface area (Å²) in [6.07, 6.45) is 4.08. The molecule has 3 heteroatoms. The molecule has 0 spiro atoms. The van der Waals surface area contributed by atoms with Gasteiger partial charge in [0.1, 0.15) is 0 Å². The van der Waals surface area contributed by atoms with Crippen LogP contribution in [0.4, 0.5) is 0 Å². The van der Waals surface area contributed by atoms with E-state index in [4.69, 9.17) is 11.6 Å². The fourth-order valence-corrected chi connectivity index (χ4v) is 2.04. The molecule has 0 aliphatic heterocycles. The molecule has 2 nitrogen and oxygen atoms in total. The van der Waals surface area contributed by atoms with Gasteiger partial charge < -0.3 is 5.11 Å². The predicted molar refractivity (Wildman–Crippen MR) is 69.2 cm³/mol. The minimum atomic E-state index is 0.0797. The number of aliphatic hydroxyl groups excluding tert-OH is 1. The highest BCUT2D eigenvalue weighted by molar-refractivity contribution is 6.31. The fourth-order valence-electron chi connectivity index (χ4n) is 1.85. The molecule has 0 radical (unpaired) electrons. The first-order chi connectivity index (χ1) is 8.31. The van der Waals surface area contributed by atoms with Crippen LogP contribution in [-0.4, -0.2) is 16.7 Å². The van der Waals surface area contributed by atoms with Crippen molar-refractivity contribution in [2.75, 3.05) is 6.61 Å². The van der Waals surface area contributed by atoms with Crippen LogP contribution >= 0.6 is 11.6 Å². The normalized spacial score (nSPS) is 12.4. The van der Waals surface area contributed by atoms with Gasteiger partial charge in [-0.1, -0.05) is 41.9 Å². The Balaban J connectivity index is 2.19. The molecule has 1 aromatic heterocycles. The highest BCUT2D eigenvalue weighted by Gasteiger charge is 2.12. The summed E-state index contributed by atoms with van der Waals surface area (Å²) in [5.74, 6) is 0.0797. The Hall–Kier alpha value is -1.38. The van der Waals surface area contributed by atoms with E-state index in [0.29, 0.717) is 5.02 Å². The second kappa shape index (κ2) is 5.80. The van der Waals surface area contributed by atoms with Gasteiger partial charge in [0.2, 0.25) is 0 Å². The molecular weight excluding hydrogens is 234 g/mol. The summed E-state index contributed by atoms with van der Waals surface area (Å²) in [7, 11) is 0. The predicted octanol–water partition coefficient (Wildman–Crippen LogP) is 3.05. The topological polar surface area (TPSA) is 33.1 Å². The van der Waals surface area contributed by atoms with Gasteiger partial charge in [0.05, 0.1) is 11.6 Å². The SMILES string of the molecule is OCC(Cc1ccncc1Cl)c1ccccc1. The highest BCUT2D eigenvalue weighted by atomic mass is 35.5. The number of hydrogen-bond acceptors (Lipinski definition) is 2. The molecule has 0 bridgehead atoms. The van der Waals surface area contributed by atoms with E-state index in [1.54, 1.807) is 12.4 Å². The molecule has 0 fully saturated rings. The Kier molecular flexibility index (Phi) is 4.13. The van der Waals surface area contributed by atoms with Gasteiger partial charge in [0, 0.05) is 18.3 Å². The van der Waals surface area contributed by atoms with Crippen molar-refractivity contribution >= 4 is 11.6 Å². The van der Waals surface area contributed by atoms with Gasteiger partial charge >= 0.3 is 0 Å². The molecule has 1 unspecified atom stereocenters. The zero-order chi connectivity index (χ0) is 12.1. The van der Waals surface area contributed by atoms with Crippen molar-refractivity contribution in [2.24, 2.45) is 0 Å². The summed E-state index contributed by atoms with van der Waals surface area (Å²) in [5, 5.41) is 10.1. The highest BCUT2D eigenvalue weighted by Crippen LogP contribution is 2.24. The number of pyridine rings is 1. The van der Waals surface area contributed by atoms with Gasteiger partial charge in [0.25, 0.3) is 0 Å². The third kappa shape index (κ3) is 3.05. The zero-order valence-corrected chi connectivity index (χ0v) is 10.1. The van der Waals surface area contributed by atoms with Crippen molar-refractivity contribution in [1.29, 1.82) is 0 Å². The van der Waals surface area contributed by atoms with E-state index in [1.165, 1.54) is 0 Å². The van der Waals surface area contributed by atoms with Crippen molar-refractivity contribution in [3.63, 3.8) is 0 Å². The Morgan fingerprint density at radius 3 is 2.59 bits per heavy atom. The fraction of sp³-hybridized carbons (Fsp3) is 0.214. The maximum atomic E-state index is 9.47. The van der Waals surface area contributed by atoms with Crippen LogP contribution in [0.2, 0.25) is 5.02 Å². The van der Waals surface area contributed by atoms with Crippen LogP contribution in [0.3, 0.4) is 0 Å². The number of hydrogen-bond donors (Lipinski definition) is 1. The molecule has 1 atom stereocenters. The van der Waals surface area contributed by atoms with E-state index in [9.17, 15) is 5.11 Å². The Labute approximate surface area is 106 Å². The molecule has 2 aromatic rings. The molecule has 1 aromatic carbocycles. The van der Waals surface area contributed by atoms with E-state index >= 15 is 0 Å². The molecule has 17 heavy (non-hydrogen) atoms. The van der Waals surface area contributed by atoms with Crippen LogP contribution in [-0.2, 0) is 6.42 Å². The summed E-state index contributed by atoms with van der Waals surface area (Å²) in [5.41, 5.74) is 2.15. The van der Waals surface area contributed by atoms with Crippen LogP contribution in [0.5, 0.6) is 0 Å². The molecule has 1 heterocycles. The van der Waals surface area contributed by atoms with Gasteiger partial charge in [0.15, 0.2) is 0 Å². The lowest BCUT2D eigenvalue weighted by Gasteiger charge is -2.15. The van der Waals surface area contributed by atoms with Crippen molar-refractivity contribution in [2.45, 2.75) is 12.3 Å². The van der Waals surface area contributed by atoms with E-state index in [2.05, 4.69) is 4.98 Å². The van der Waals surface area contributed by atoms with E-state index in [1.807, 2.05) is 36.4 Å². The molecule has 88 valence electrons. The molecule has 1 N–H and O–H groups in total. The Morgan fingerprint density at radius 2 is 1.94 bits per heavy atom. The summed E-state index contributed by atoms with van der Waals surface area (Å²) in [6, 6.07) is 11.9. The number of aromatic nitrogens is 1. The van der Waals surface area contributed by atoms with Gasteiger partial charge in [-0.15, -0.1) is 0 Å². The van der Waals surface area contributed by atoms with E-state index in [0.717, 1.165) is 17.5 Å². The lowest BCUT2D eigenvalue weighted by Crippen LogP contribution is -2.08. The van der Waals surface area contributed by atoms with Crippen molar-refractivity contribution in [3.05, 3.63) is 64.9 Å². The summed E-state index contributed by atoms with van der Waals surface area (Å²) in [6.45, 7) is 0.114. The van der Waals surface area contributed by atoms with Crippen molar-refractivity contribution in [1.82, 2.24) is 4.98 Å². The smallest absolute Gasteiger partial charge is 0.0621 e. The molecule has 2 rings (SSSR count). The van der Waals surface area contributed by atoms with E-state index < -0.39 is 0 Å². The van der Waals surface area contributed by atoms with Crippen LogP contribution in [0.15, 0.2) is 48.8 Å². The zero-order valence-electron chi connectivity index (χ0n) is 9.38. The number of benzene rings is 1. The lowest BCUT2D eigenvalue weighted by molar-refractivity contribution is 0.264. The van der Waals surface area contributed by atoms with Crippen LogP contribution in [0, 0.1) is 0 Å². The number of aliphatic hydroxyl groups is 1. The third-order valence-corrected chi connectivity index (χ3v) is 3.15. The molecule has 0 saturated carbocycles. The first-order valence-corrected chi connectivity index (χ1v) is 5.93. The lowest BCUT2D eigenvalue weighted by atomic mass is 9.93. The maximum absolute atomic E-state index is 9.47. The first-order valence-electron chi connectivity index (χ1n) is 5.55. The molecule has 0 aliphatic rings. The maximum Gasteiger partial charge on any atom is 0.0621 e. The quantitative estimate of drug-likeness (QED) is 0.901. The van der Waals surface area contributed by atoms with Gasteiger partial charge in [-0.2, -0.15) is 0 Å². The monoisotopic (exact) mass is 247 g/mol. The summed E-state index contributed by atoms with van der Waals surface area (Å²) in [4.78, 5) is 3.96. The first kappa shape index (κ1) is 12.1. The number of nitrogens with zero attached hydrogens (tertiary/aromatic N) is 1. The molecule has 0 amide bonds. The standard InChI is InChI=1S/C14H14ClNO/c15-14-9-16-7-6-12(14)8-13(10-17)11-4-2-1-3-5-11/h1-7,9,13,17H,8,10H2. The summed E-state index contributed by atoms with van der Waals surface area (Å²) < 4.78 is 0. The minimum Gasteiger partial charge on any atom is -0.396 e. The Bertz CT molecular complexity index is 473. The second-order valence-corrected chi connectivity index (χ2v) is 4.37. The average Bonchev–Trinajstić information content (AvgIpc) is 2.39.